The second kappa shape index (κ2) is 13.7. The van der Waals surface area contributed by atoms with Gasteiger partial charge in [0, 0.05) is 37.0 Å². The Labute approximate surface area is 219 Å². The largest absolute Gasteiger partial charge is 0.507 e. The fraction of sp³-hybridized carbons (Fsp3) is 0.292. The van der Waals surface area contributed by atoms with E-state index in [2.05, 4.69) is 15.4 Å². The second-order valence-corrected chi connectivity index (χ2v) is 9.63. The molecule has 0 fully saturated rings. The number of phenolic OH excluding ortho intramolecular Hbond substituents is 1. The first kappa shape index (κ1) is 29.8. The van der Waals surface area contributed by atoms with Crippen LogP contribution in [0.2, 0.25) is 0 Å². The summed E-state index contributed by atoms with van der Waals surface area (Å²) in [5.41, 5.74) is 0.0583. The number of esters is 1. The Bertz CT molecular complexity index is 1210. The summed E-state index contributed by atoms with van der Waals surface area (Å²) in [6, 6.07) is 4.48. The summed E-state index contributed by atoms with van der Waals surface area (Å²) in [4.78, 5) is 60.3. The average molecular weight is 555 g/mol. The highest BCUT2D eigenvalue weighted by Crippen LogP contribution is 2.31. The van der Waals surface area contributed by atoms with E-state index in [0.29, 0.717) is 29.6 Å². The highest BCUT2D eigenvalue weighted by atomic mass is 32.2. The van der Waals surface area contributed by atoms with E-state index in [4.69, 9.17) is 0 Å². The van der Waals surface area contributed by atoms with Crippen molar-refractivity contribution >= 4 is 51.5 Å². The molecule has 2 aromatic rings. The molecule has 0 aromatic heterocycles. The van der Waals surface area contributed by atoms with Gasteiger partial charge < -0.3 is 20.5 Å². The van der Waals surface area contributed by atoms with Crippen LogP contribution in [0.15, 0.2) is 36.4 Å². The van der Waals surface area contributed by atoms with Crippen LogP contribution in [0.5, 0.6) is 5.75 Å². The number of hydrogen-bond donors (Lipinski definition) is 3. The van der Waals surface area contributed by atoms with Crippen LogP contribution in [0, 0.1) is 11.6 Å². The van der Waals surface area contributed by atoms with Gasteiger partial charge in [-0.05, 0) is 29.8 Å². The molecule has 2 atom stereocenters. The van der Waals surface area contributed by atoms with Crippen molar-refractivity contribution in [2.24, 2.45) is 0 Å². The van der Waals surface area contributed by atoms with Crippen molar-refractivity contribution in [2.45, 2.75) is 25.9 Å². The van der Waals surface area contributed by atoms with E-state index in [1.165, 1.54) is 38.1 Å². The summed E-state index contributed by atoms with van der Waals surface area (Å²) in [6.07, 6.45) is 0. The summed E-state index contributed by atoms with van der Waals surface area (Å²) >= 11 is 1.28. The Hall–Kier alpha value is -3.45. The third-order valence-electron chi connectivity index (χ3n) is 4.76. The second-order valence-electron chi connectivity index (χ2n) is 7.61. The summed E-state index contributed by atoms with van der Waals surface area (Å²) < 4.78 is 32.0. The number of aromatic hydroxyl groups is 1. The molecule has 0 saturated carbocycles. The molecule has 0 aliphatic heterocycles. The molecule has 9 nitrogen and oxygen atoms in total. The molecule has 3 N–H and O–H groups in total. The number of carbonyl (C=O) groups is 5. The van der Waals surface area contributed by atoms with Gasteiger partial charge in [0.25, 0.3) is 0 Å². The predicted octanol–water partition coefficient (Wildman–Crippen LogP) is 2.65. The van der Waals surface area contributed by atoms with Crippen LogP contribution in [0.1, 0.15) is 24.2 Å². The van der Waals surface area contributed by atoms with Crippen LogP contribution in [-0.4, -0.2) is 63.8 Å². The lowest BCUT2D eigenvalue weighted by atomic mass is 10.0. The monoisotopic (exact) mass is 554 g/mol. The summed E-state index contributed by atoms with van der Waals surface area (Å²) in [7, 11) is 1.13. The molecule has 0 spiro atoms. The molecule has 13 heteroatoms. The van der Waals surface area contributed by atoms with Crippen LogP contribution < -0.4 is 10.6 Å². The first-order valence-electron chi connectivity index (χ1n) is 10.7. The van der Waals surface area contributed by atoms with E-state index in [1.807, 2.05) is 0 Å². The highest BCUT2D eigenvalue weighted by Gasteiger charge is 2.27. The fourth-order valence-corrected chi connectivity index (χ4v) is 4.93. The fourth-order valence-electron chi connectivity index (χ4n) is 3.06. The lowest BCUT2D eigenvalue weighted by molar-refractivity contribution is -0.144. The average Bonchev–Trinajstić information content (AvgIpc) is 2.83. The number of methoxy groups -OCH3 is 1. The number of nitrogens with one attached hydrogen (secondary N) is 2. The van der Waals surface area contributed by atoms with Gasteiger partial charge in [-0.1, -0.05) is 29.6 Å². The Morgan fingerprint density at radius 3 is 2.14 bits per heavy atom. The molecule has 37 heavy (non-hydrogen) atoms. The van der Waals surface area contributed by atoms with Gasteiger partial charge in [0.1, 0.15) is 29.5 Å². The number of hydrogen-bond acceptors (Lipinski definition) is 9. The maximum Gasteiger partial charge on any atom is 0.329 e. The van der Waals surface area contributed by atoms with Crippen molar-refractivity contribution < 1.29 is 42.6 Å². The molecule has 0 heterocycles. The third-order valence-corrected chi connectivity index (χ3v) is 6.81. The summed E-state index contributed by atoms with van der Waals surface area (Å²) in [6.45, 7) is 2.37. The molecule has 2 amide bonds. The minimum absolute atomic E-state index is 0.0162. The van der Waals surface area contributed by atoms with E-state index in [9.17, 15) is 37.9 Å². The molecular formula is C24H24F2N2O7S2. The van der Waals surface area contributed by atoms with E-state index in [1.54, 1.807) is 0 Å². The molecule has 0 aliphatic carbocycles. The number of benzene rings is 2. The molecule has 198 valence electrons. The summed E-state index contributed by atoms with van der Waals surface area (Å²) in [5, 5.41) is 13.7. The number of amides is 2. The summed E-state index contributed by atoms with van der Waals surface area (Å²) in [5.74, 6) is -4.22. The first-order chi connectivity index (χ1) is 17.4. The van der Waals surface area contributed by atoms with Crippen molar-refractivity contribution in [2.75, 3.05) is 18.6 Å². The number of ether oxygens (including phenoxy) is 1. The van der Waals surface area contributed by atoms with E-state index < -0.39 is 57.5 Å². The Morgan fingerprint density at radius 1 is 0.919 bits per heavy atom. The minimum atomic E-state index is -1.15. The van der Waals surface area contributed by atoms with E-state index in [0.717, 1.165) is 13.2 Å². The van der Waals surface area contributed by atoms with Gasteiger partial charge in [0.05, 0.1) is 12.7 Å². The molecule has 2 aromatic carbocycles. The van der Waals surface area contributed by atoms with Gasteiger partial charge in [-0.15, -0.1) is 0 Å². The molecule has 2 rings (SSSR count). The van der Waals surface area contributed by atoms with Gasteiger partial charge in [-0.2, -0.15) is 0 Å². The van der Waals surface area contributed by atoms with Gasteiger partial charge in [0.2, 0.25) is 22.0 Å². The van der Waals surface area contributed by atoms with Crippen molar-refractivity contribution in [1.29, 1.82) is 0 Å². The molecule has 0 saturated heterocycles. The maximum absolute atomic E-state index is 14.2. The van der Waals surface area contributed by atoms with Crippen molar-refractivity contribution in [1.82, 2.24) is 10.6 Å². The topological polar surface area (TPSA) is 139 Å². The molecule has 0 bridgehead atoms. The quantitative estimate of drug-likeness (QED) is 0.378. The lowest BCUT2D eigenvalue weighted by Gasteiger charge is -2.18. The maximum atomic E-state index is 14.2. The van der Waals surface area contributed by atoms with Crippen LogP contribution in [0.4, 0.5) is 8.78 Å². The number of rotatable bonds is 10. The van der Waals surface area contributed by atoms with Gasteiger partial charge >= 0.3 is 5.97 Å². The number of thioether (sulfide) groups is 2. The van der Waals surface area contributed by atoms with E-state index >= 15 is 0 Å². The zero-order valence-corrected chi connectivity index (χ0v) is 21.6. The number of carbonyl (C=O) groups excluding carboxylic acids is 5. The SMILES string of the molecule is COC(=O)C(CSC(=O)C(CSC(=O)c1cc(-c2ccc(F)cc2F)ccc1O)NC(C)=O)NC(C)=O. The van der Waals surface area contributed by atoms with Gasteiger partial charge in [-0.25, -0.2) is 13.6 Å². The smallest absolute Gasteiger partial charge is 0.329 e. The van der Waals surface area contributed by atoms with Crippen molar-refractivity contribution in [3.63, 3.8) is 0 Å². The van der Waals surface area contributed by atoms with Crippen LogP contribution in [0.25, 0.3) is 11.1 Å². The third kappa shape index (κ3) is 8.86. The number of phenols is 1. The van der Waals surface area contributed by atoms with E-state index in [-0.39, 0.29) is 28.2 Å². The van der Waals surface area contributed by atoms with Crippen LogP contribution in [-0.2, 0) is 23.9 Å². The molecular weight excluding hydrogens is 530 g/mol. The molecule has 2 unspecified atom stereocenters. The van der Waals surface area contributed by atoms with Crippen LogP contribution >= 0.6 is 23.5 Å². The zero-order chi connectivity index (χ0) is 27.7. The first-order valence-corrected chi connectivity index (χ1v) is 12.6. The van der Waals surface area contributed by atoms with Crippen LogP contribution in [0.3, 0.4) is 0 Å². The Kier molecular flexibility index (Phi) is 11.1. The predicted molar refractivity (Wildman–Crippen MR) is 135 cm³/mol. The van der Waals surface area contributed by atoms with Gasteiger partial charge in [-0.3, -0.25) is 19.2 Å². The lowest BCUT2D eigenvalue weighted by Crippen LogP contribution is -2.44. The molecule has 0 aliphatic rings. The zero-order valence-electron chi connectivity index (χ0n) is 20.0. The minimum Gasteiger partial charge on any atom is -0.507 e. The highest BCUT2D eigenvalue weighted by molar-refractivity contribution is 8.15. The molecule has 0 radical (unpaired) electrons. The standard InChI is InChI=1S/C24H24F2N2O7S2/c1-12(29)27-19(22(32)35-3)10-37-24(34)20(28-13(2)30)11-36-23(33)17-8-14(4-7-21(17)31)16-6-5-15(25)9-18(16)26/h4-9,19-20,31H,10-11H2,1-3H3,(H,27,29)(H,28,30). The Balaban J connectivity index is 2.14. The number of halogens is 2. The van der Waals surface area contributed by atoms with Crippen molar-refractivity contribution in [3.8, 4) is 16.9 Å². The Morgan fingerprint density at radius 2 is 1.54 bits per heavy atom. The van der Waals surface area contributed by atoms with Gasteiger partial charge in [0.15, 0.2) is 0 Å². The van der Waals surface area contributed by atoms with Crippen molar-refractivity contribution in [3.05, 3.63) is 53.6 Å². The normalized spacial score (nSPS) is 12.2.